The van der Waals surface area contributed by atoms with Crippen molar-refractivity contribution in [3.8, 4) is 5.75 Å². The molecule has 1 heterocycles. The molecule has 3 aromatic carbocycles. The van der Waals surface area contributed by atoms with E-state index in [1.807, 2.05) is 6.92 Å². The maximum absolute atomic E-state index is 13.9. The van der Waals surface area contributed by atoms with Crippen molar-refractivity contribution in [2.75, 3.05) is 11.5 Å². The molecular weight excluding hydrogens is 428 g/mol. The Kier molecular flexibility index (Phi) is 6.22. The lowest BCUT2D eigenvalue weighted by Crippen LogP contribution is -2.29. The highest BCUT2D eigenvalue weighted by atomic mass is 19.1. The van der Waals surface area contributed by atoms with Gasteiger partial charge in [0.05, 0.1) is 18.2 Å². The van der Waals surface area contributed by atoms with Gasteiger partial charge in [-0.05, 0) is 54.4 Å². The number of carbonyl (C=O) groups excluding carboxylic acids is 2. The molecule has 1 N–H and O–H groups in total. The van der Waals surface area contributed by atoms with Crippen molar-refractivity contribution in [2.24, 2.45) is 0 Å². The Morgan fingerprint density at radius 1 is 0.970 bits per heavy atom. The normalized spacial score (nSPS) is 17.4. The van der Waals surface area contributed by atoms with Crippen molar-refractivity contribution < 1.29 is 28.2 Å². The molecule has 0 aliphatic carbocycles. The minimum Gasteiger partial charge on any atom is -0.507 e. The summed E-state index contributed by atoms with van der Waals surface area (Å²) in [7, 11) is 0. The van der Waals surface area contributed by atoms with Crippen molar-refractivity contribution in [2.45, 2.75) is 19.4 Å². The predicted octanol–water partition coefficient (Wildman–Crippen LogP) is 5.38. The van der Waals surface area contributed by atoms with Gasteiger partial charge in [0, 0.05) is 11.3 Å². The second kappa shape index (κ2) is 9.24. The Bertz CT molecular complexity index is 1240. The fraction of sp³-hybridized carbons (Fsp3) is 0.154. The van der Waals surface area contributed by atoms with Crippen LogP contribution in [0.3, 0.4) is 0 Å². The summed E-state index contributed by atoms with van der Waals surface area (Å²) in [5.41, 5.74) is 0.641. The highest BCUT2D eigenvalue weighted by Gasteiger charge is 2.47. The third kappa shape index (κ3) is 4.35. The van der Waals surface area contributed by atoms with Crippen LogP contribution in [0.15, 0.2) is 78.4 Å². The monoisotopic (exact) mass is 449 g/mol. The number of aliphatic hydroxyl groups is 1. The zero-order chi connectivity index (χ0) is 23.5. The van der Waals surface area contributed by atoms with Crippen LogP contribution in [0, 0.1) is 11.6 Å². The summed E-state index contributed by atoms with van der Waals surface area (Å²) < 4.78 is 33.1. The minimum absolute atomic E-state index is 0.144. The first-order chi connectivity index (χ1) is 15.9. The maximum atomic E-state index is 13.9. The number of rotatable bonds is 6. The second-order valence-electron chi connectivity index (χ2n) is 7.58. The number of ketones is 1. The van der Waals surface area contributed by atoms with Crippen LogP contribution in [0.25, 0.3) is 5.76 Å². The molecule has 3 aromatic rings. The summed E-state index contributed by atoms with van der Waals surface area (Å²) in [6, 6.07) is 15.9. The van der Waals surface area contributed by atoms with Gasteiger partial charge in [-0.1, -0.05) is 37.3 Å². The van der Waals surface area contributed by atoms with Crippen molar-refractivity contribution in [3.05, 3.63) is 101 Å². The SMILES string of the molecule is CCCOc1cccc(/C(O)=C2\C(=O)C(=O)N(c3cccc(F)c3)C2c2ccc(F)cc2)c1. The van der Waals surface area contributed by atoms with E-state index in [0.717, 1.165) is 17.4 Å². The molecule has 4 rings (SSSR count). The number of nitrogens with zero attached hydrogens (tertiary/aromatic N) is 1. The van der Waals surface area contributed by atoms with E-state index in [1.54, 1.807) is 24.3 Å². The summed E-state index contributed by atoms with van der Waals surface area (Å²) >= 11 is 0. The number of amides is 1. The summed E-state index contributed by atoms with van der Waals surface area (Å²) in [4.78, 5) is 27.2. The number of hydrogen-bond acceptors (Lipinski definition) is 4. The lowest BCUT2D eigenvalue weighted by atomic mass is 9.95. The molecule has 1 atom stereocenters. The molecular formula is C26H21F2NO4. The number of Topliss-reactive ketones (excluding diaryl/α,β-unsaturated/α-hetero) is 1. The molecule has 7 heteroatoms. The third-order valence-electron chi connectivity index (χ3n) is 5.30. The molecule has 1 aliphatic heterocycles. The molecule has 0 saturated carbocycles. The minimum atomic E-state index is -1.08. The van der Waals surface area contributed by atoms with Crippen molar-refractivity contribution in [1.29, 1.82) is 0 Å². The highest BCUT2D eigenvalue weighted by molar-refractivity contribution is 6.51. The fourth-order valence-corrected chi connectivity index (χ4v) is 3.79. The van der Waals surface area contributed by atoms with Gasteiger partial charge in [-0.15, -0.1) is 0 Å². The molecule has 33 heavy (non-hydrogen) atoms. The van der Waals surface area contributed by atoms with E-state index in [2.05, 4.69) is 0 Å². The van der Waals surface area contributed by atoms with E-state index in [-0.39, 0.29) is 16.8 Å². The van der Waals surface area contributed by atoms with E-state index in [1.165, 1.54) is 42.5 Å². The number of aliphatic hydroxyl groups excluding tert-OH is 1. The van der Waals surface area contributed by atoms with E-state index >= 15 is 0 Å². The topological polar surface area (TPSA) is 66.8 Å². The Hall–Kier alpha value is -4.00. The lowest BCUT2D eigenvalue weighted by Gasteiger charge is -2.25. The second-order valence-corrected chi connectivity index (χ2v) is 7.58. The molecule has 0 radical (unpaired) electrons. The van der Waals surface area contributed by atoms with Crippen LogP contribution < -0.4 is 9.64 Å². The van der Waals surface area contributed by atoms with Gasteiger partial charge < -0.3 is 9.84 Å². The Labute approximate surface area is 189 Å². The molecule has 168 valence electrons. The van der Waals surface area contributed by atoms with Gasteiger partial charge in [-0.3, -0.25) is 14.5 Å². The van der Waals surface area contributed by atoms with E-state index in [0.29, 0.717) is 17.9 Å². The Morgan fingerprint density at radius 3 is 2.39 bits per heavy atom. The van der Waals surface area contributed by atoms with Crippen LogP contribution in [0.4, 0.5) is 14.5 Å². The standard InChI is InChI=1S/C26H21F2NO4/c1-2-13-33-21-8-3-5-17(14-21)24(30)22-23(16-9-11-18(27)12-10-16)29(26(32)25(22)31)20-7-4-6-19(28)15-20/h3-12,14-15,23,30H,2,13H2,1H3/b24-22+. The number of ether oxygens (including phenoxy) is 1. The molecule has 1 aliphatic rings. The lowest BCUT2D eigenvalue weighted by molar-refractivity contribution is -0.132. The smallest absolute Gasteiger partial charge is 0.300 e. The molecule has 5 nitrogen and oxygen atoms in total. The zero-order valence-electron chi connectivity index (χ0n) is 17.8. The van der Waals surface area contributed by atoms with Gasteiger partial charge in [-0.25, -0.2) is 8.78 Å². The summed E-state index contributed by atoms with van der Waals surface area (Å²) in [5, 5.41) is 11.1. The first-order valence-corrected chi connectivity index (χ1v) is 10.5. The molecule has 0 bridgehead atoms. The summed E-state index contributed by atoms with van der Waals surface area (Å²) in [6.45, 7) is 2.43. The predicted molar refractivity (Wildman–Crippen MR) is 120 cm³/mol. The number of hydrogen-bond donors (Lipinski definition) is 1. The Morgan fingerprint density at radius 2 is 1.70 bits per heavy atom. The Balaban J connectivity index is 1.89. The van der Waals surface area contributed by atoms with E-state index in [4.69, 9.17) is 4.74 Å². The van der Waals surface area contributed by atoms with Gasteiger partial charge in [0.15, 0.2) is 0 Å². The van der Waals surface area contributed by atoms with E-state index < -0.39 is 35.1 Å². The van der Waals surface area contributed by atoms with Crippen molar-refractivity contribution in [1.82, 2.24) is 0 Å². The van der Waals surface area contributed by atoms with Crippen LogP contribution in [0.1, 0.15) is 30.5 Å². The van der Waals surface area contributed by atoms with E-state index in [9.17, 15) is 23.5 Å². The molecule has 0 aromatic heterocycles. The largest absolute Gasteiger partial charge is 0.507 e. The first-order valence-electron chi connectivity index (χ1n) is 10.5. The highest BCUT2D eigenvalue weighted by Crippen LogP contribution is 2.42. The quantitative estimate of drug-likeness (QED) is 0.312. The third-order valence-corrected chi connectivity index (χ3v) is 5.30. The van der Waals surface area contributed by atoms with Crippen LogP contribution in [0.2, 0.25) is 0 Å². The average Bonchev–Trinajstić information content (AvgIpc) is 3.08. The number of carbonyl (C=O) groups is 2. The summed E-state index contributed by atoms with van der Waals surface area (Å²) in [5.74, 6) is -2.83. The molecule has 1 fully saturated rings. The van der Waals surface area contributed by atoms with Crippen molar-refractivity contribution >= 4 is 23.1 Å². The molecule has 0 spiro atoms. The average molecular weight is 449 g/mol. The molecule has 1 amide bonds. The molecule has 1 saturated heterocycles. The van der Waals surface area contributed by atoms with Gasteiger partial charge in [0.1, 0.15) is 23.1 Å². The zero-order valence-corrected chi connectivity index (χ0v) is 17.8. The van der Waals surface area contributed by atoms with Gasteiger partial charge in [0.2, 0.25) is 0 Å². The van der Waals surface area contributed by atoms with Crippen LogP contribution >= 0.6 is 0 Å². The number of benzene rings is 3. The first kappa shape index (κ1) is 22.2. The fourth-order valence-electron chi connectivity index (χ4n) is 3.79. The van der Waals surface area contributed by atoms with Crippen LogP contribution in [0.5, 0.6) is 5.75 Å². The number of halogens is 2. The maximum Gasteiger partial charge on any atom is 0.300 e. The van der Waals surface area contributed by atoms with Gasteiger partial charge in [0.25, 0.3) is 11.7 Å². The van der Waals surface area contributed by atoms with Crippen LogP contribution in [-0.2, 0) is 9.59 Å². The molecule has 1 unspecified atom stereocenters. The van der Waals surface area contributed by atoms with Gasteiger partial charge >= 0.3 is 0 Å². The van der Waals surface area contributed by atoms with Crippen LogP contribution in [-0.4, -0.2) is 23.4 Å². The van der Waals surface area contributed by atoms with Crippen molar-refractivity contribution in [3.63, 3.8) is 0 Å². The summed E-state index contributed by atoms with van der Waals surface area (Å²) in [6.07, 6.45) is 0.791. The number of anilines is 1. The van der Waals surface area contributed by atoms with Gasteiger partial charge in [-0.2, -0.15) is 0 Å².